The van der Waals surface area contributed by atoms with Crippen molar-refractivity contribution in [2.24, 2.45) is 5.92 Å². The molecule has 0 aliphatic carbocycles. The molecule has 2 N–H and O–H groups in total. The van der Waals surface area contributed by atoms with Crippen LogP contribution in [0.15, 0.2) is 18.2 Å². The Labute approximate surface area is 136 Å². The lowest BCUT2D eigenvalue weighted by Gasteiger charge is -2.19. The molecule has 7 heteroatoms. The molecule has 2 amide bonds. The lowest BCUT2D eigenvalue weighted by molar-refractivity contribution is -0.143. The minimum atomic E-state index is -0.711. The first kappa shape index (κ1) is 18.6. The van der Waals surface area contributed by atoms with Crippen molar-refractivity contribution in [3.8, 4) is 11.5 Å². The highest BCUT2D eigenvalue weighted by molar-refractivity contribution is 5.94. The van der Waals surface area contributed by atoms with Crippen LogP contribution in [0.3, 0.4) is 0 Å². The van der Waals surface area contributed by atoms with Crippen LogP contribution in [-0.4, -0.2) is 39.4 Å². The highest BCUT2D eigenvalue weighted by Crippen LogP contribution is 2.28. The zero-order valence-corrected chi connectivity index (χ0v) is 14.1. The van der Waals surface area contributed by atoms with E-state index in [0.29, 0.717) is 23.6 Å². The van der Waals surface area contributed by atoms with Gasteiger partial charge in [-0.3, -0.25) is 0 Å². The molecule has 0 radical (unpaired) electrons. The van der Waals surface area contributed by atoms with E-state index in [1.54, 1.807) is 18.2 Å². The first-order chi connectivity index (χ1) is 10.9. The number of ether oxygens (including phenoxy) is 3. The molecule has 0 aliphatic heterocycles. The monoisotopic (exact) mass is 324 g/mol. The zero-order valence-electron chi connectivity index (χ0n) is 14.1. The van der Waals surface area contributed by atoms with Crippen molar-refractivity contribution in [3.05, 3.63) is 18.2 Å². The third-order valence-electron chi connectivity index (χ3n) is 3.15. The number of benzene rings is 1. The molecule has 0 fully saturated rings. The van der Waals surface area contributed by atoms with Crippen LogP contribution in [0.2, 0.25) is 0 Å². The minimum Gasteiger partial charge on any atom is -0.497 e. The van der Waals surface area contributed by atoms with E-state index < -0.39 is 18.0 Å². The van der Waals surface area contributed by atoms with Crippen LogP contribution in [0.1, 0.15) is 20.3 Å². The van der Waals surface area contributed by atoms with E-state index >= 15 is 0 Å². The first-order valence-corrected chi connectivity index (χ1v) is 7.28. The van der Waals surface area contributed by atoms with Crippen LogP contribution in [-0.2, 0) is 9.53 Å². The maximum atomic E-state index is 12.2. The van der Waals surface area contributed by atoms with Gasteiger partial charge >= 0.3 is 12.0 Å². The smallest absolute Gasteiger partial charge is 0.328 e. The van der Waals surface area contributed by atoms with Gasteiger partial charge in [0.15, 0.2) is 0 Å². The normalized spacial score (nSPS) is 11.6. The summed E-state index contributed by atoms with van der Waals surface area (Å²) in [5, 5.41) is 5.27. The van der Waals surface area contributed by atoms with Crippen LogP contribution in [0.5, 0.6) is 11.5 Å². The van der Waals surface area contributed by atoms with Gasteiger partial charge in [-0.1, -0.05) is 13.8 Å². The van der Waals surface area contributed by atoms with Gasteiger partial charge in [0.2, 0.25) is 0 Å². The molecule has 0 bridgehead atoms. The molecule has 1 unspecified atom stereocenters. The summed E-state index contributed by atoms with van der Waals surface area (Å²) in [5.41, 5.74) is 0.442. The van der Waals surface area contributed by atoms with Crippen LogP contribution >= 0.6 is 0 Å². The standard InChI is InChI=1S/C16H24N2O5/c1-10(2)8-13(15(19)23-5)18-16(20)17-12-9-11(21-3)6-7-14(12)22-4/h6-7,9-10,13H,8H2,1-5H3,(H2,17,18,20). The topological polar surface area (TPSA) is 85.9 Å². The molecule has 1 aromatic carbocycles. The van der Waals surface area contributed by atoms with Crippen LogP contribution in [0.25, 0.3) is 0 Å². The van der Waals surface area contributed by atoms with Crippen LogP contribution < -0.4 is 20.1 Å². The summed E-state index contributed by atoms with van der Waals surface area (Å²) in [7, 11) is 4.32. The number of methoxy groups -OCH3 is 3. The maximum Gasteiger partial charge on any atom is 0.328 e. The number of carbonyl (C=O) groups is 2. The molecule has 128 valence electrons. The fourth-order valence-electron chi connectivity index (χ4n) is 2.06. The van der Waals surface area contributed by atoms with E-state index in [4.69, 9.17) is 14.2 Å². The van der Waals surface area contributed by atoms with Gasteiger partial charge in [0, 0.05) is 6.07 Å². The van der Waals surface area contributed by atoms with Crippen molar-refractivity contribution in [1.29, 1.82) is 0 Å². The molecular weight excluding hydrogens is 300 g/mol. The number of hydrogen-bond acceptors (Lipinski definition) is 5. The van der Waals surface area contributed by atoms with Gasteiger partial charge < -0.3 is 24.8 Å². The number of rotatable bonds is 7. The van der Waals surface area contributed by atoms with Crippen molar-refractivity contribution < 1.29 is 23.8 Å². The second kappa shape index (κ2) is 8.87. The fraction of sp³-hybridized carbons (Fsp3) is 0.500. The predicted molar refractivity (Wildman–Crippen MR) is 87.0 cm³/mol. The largest absolute Gasteiger partial charge is 0.497 e. The van der Waals surface area contributed by atoms with E-state index in [2.05, 4.69) is 10.6 Å². The molecule has 1 aromatic rings. The molecule has 0 aliphatic rings. The van der Waals surface area contributed by atoms with Crippen molar-refractivity contribution >= 4 is 17.7 Å². The summed E-state index contributed by atoms with van der Waals surface area (Å²) in [6.45, 7) is 3.92. The van der Waals surface area contributed by atoms with Gasteiger partial charge in [-0.2, -0.15) is 0 Å². The summed E-state index contributed by atoms with van der Waals surface area (Å²) in [4.78, 5) is 23.9. The third kappa shape index (κ3) is 5.69. The maximum absolute atomic E-state index is 12.2. The van der Waals surface area contributed by atoms with Crippen LogP contribution in [0, 0.1) is 5.92 Å². The summed E-state index contributed by atoms with van der Waals surface area (Å²) < 4.78 is 15.0. The molecule has 7 nitrogen and oxygen atoms in total. The highest BCUT2D eigenvalue weighted by Gasteiger charge is 2.23. The van der Waals surface area contributed by atoms with E-state index in [0.717, 1.165) is 0 Å². The fourth-order valence-corrected chi connectivity index (χ4v) is 2.06. The molecular formula is C16H24N2O5. The number of anilines is 1. The Morgan fingerprint density at radius 1 is 1.13 bits per heavy atom. The van der Waals surface area contributed by atoms with E-state index in [1.807, 2.05) is 13.8 Å². The quantitative estimate of drug-likeness (QED) is 0.752. The second-order valence-corrected chi connectivity index (χ2v) is 5.37. The molecule has 1 atom stereocenters. The van der Waals surface area contributed by atoms with E-state index in [1.165, 1.54) is 21.3 Å². The molecule has 1 rings (SSSR count). The lowest BCUT2D eigenvalue weighted by atomic mass is 10.0. The predicted octanol–water partition coefficient (Wildman–Crippen LogP) is 2.41. The molecule has 0 heterocycles. The molecule has 0 saturated heterocycles. The second-order valence-electron chi connectivity index (χ2n) is 5.37. The number of amides is 2. The molecule has 23 heavy (non-hydrogen) atoms. The molecule has 0 spiro atoms. The Bertz CT molecular complexity index is 545. The number of urea groups is 1. The van der Waals surface area contributed by atoms with Crippen molar-refractivity contribution in [3.63, 3.8) is 0 Å². The Morgan fingerprint density at radius 2 is 1.83 bits per heavy atom. The number of carbonyl (C=O) groups excluding carboxylic acids is 2. The van der Waals surface area contributed by atoms with Crippen molar-refractivity contribution in [2.45, 2.75) is 26.3 Å². The number of esters is 1. The average Bonchev–Trinajstić information content (AvgIpc) is 2.52. The lowest BCUT2D eigenvalue weighted by Crippen LogP contribution is -2.44. The number of nitrogens with one attached hydrogen (secondary N) is 2. The van der Waals surface area contributed by atoms with Gasteiger partial charge in [-0.15, -0.1) is 0 Å². The summed E-state index contributed by atoms with van der Waals surface area (Å²) in [6, 6.07) is 3.80. The summed E-state index contributed by atoms with van der Waals surface area (Å²) in [5.74, 6) is 0.810. The first-order valence-electron chi connectivity index (χ1n) is 7.28. The SMILES string of the molecule is COC(=O)C(CC(C)C)NC(=O)Nc1cc(OC)ccc1OC. The van der Waals surface area contributed by atoms with Gasteiger partial charge in [0.25, 0.3) is 0 Å². The minimum absolute atomic E-state index is 0.228. The Kier molecular flexibility index (Phi) is 7.18. The highest BCUT2D eigenvalue weighted by atomic mass is 16.5. The molecule has 0 saturated carbocycles. The Hall–Kier alpha value is -2.44. The number of hydrogen-bond donors (Lipinski definition) is 2. The average molecular weight is 324 g/mol. The summed E-state index contributed by atoms with van der Waals surface area (Å²) >= 11 is 0. The zero-order chi connectivity index (χ0) is 17.4. The van der Waals surface area contributed by atoms with Gasteiger partial charge in [0.1, 0.15) is 17.5 Å². The van der Waals surface area contributed by atoms with E-state index in [-0.39, 0.29) is 5.92 Å². The van der Waals surface area contributed by atoms with Crippen molar-refractivity contribution in [1.82, 2.24) is 5.32 Å². The molecule has 0 aromatic heterocycles. The van der Waals surface area contributed by atoms with Crippen LogP contribution in [0.4, 0.5) is 10.5 Å². The Morgan fingerprint density at radius 3 is 2.35 bits per heavy atom. The van der Waals surface area contributed by atoms with Gasteiger partial charge in [-0.05, 0) is 24.5 Å². The van der Waals surface area contributed by atoms with Gasteiger partial charge in [0.05, 0.1) is 27.0 Å². The van der Waals surface area contributed by atoms with E-state index in [9.17, 15) is 9.59 Å². The third-order valence-corrected chi connectivity index (χ3v) is 3.15. The van der Waals surface area contributed by atoms with Gasteiger partial charge in [-0.25, -0.2) is 9.59 Å². The Balaban J connectivity index is 2.83. The summed E-state index contributed by atoms with van der Waals surface area (Å²) in [6.07, 6.45) is 0.481. The van der Waals surface area contributed by atoms with Crippen molar-refractivity contribution in [2.75, 3.05) is 26.6 Å².